The first-order valence-corrected chi connectivity index (χ1v) is 11.3. The molecule has 1 fully saturated rings. The topological polar surface area (TPSA) is 104 Å². The molecule has 1 aromatic carbocycles. The number of nitrogens with zero attached hydrogens (tertiary/aromatic N) is 2. The summed E-state index contributed by atoms with van der Waals surface area (Å²) in [7, 11) is 0. The quantitative estimate of drug-likeness (QED) is 0.599. The molecule has 0 bridgehead atoms. The Hall–Kier alpha value is -2.37. The van der Waals surface area contributed by atoms with Crippen LogP contribution in [0.3, 0.4) is 0 Å². The molecule has 10 heteroatoms. The summed E-state index contributed by atoms with van der Waals surface area (Å²) < 4.78 is 27.4. The van der Waals surface area contributed by atoms with Gasteiger partial charge >= 0.3 is 0 Å². The third-order valence-corrected chi connectivity index (χ3v) is 5.28. The van der Waals surface area contributed by atoms with Crippen molar-refractivity contribution in [1.82, 2.24) is 9.80 Å². The Morgan fingerprint density at radius 1 is 0.667 bits per heavy atom. The van der Waals surface area contributed by atoms with E-state index >= 15 is 0 Å². The van der Waals surface area contributed by atoms with Crippen LogP contribution in [-0.4, -0.2) is 113 Å². The molecule has 2 aliphatic heterocycles. The highest BCUT2D eigenvalue weighted by Crippen LogP contribution is 2.22. The van der Waals surface area contributed by atoms with Gasteiger partial charge in [-0.2, -0.15) is 0 Å². The van der Waals surface area contributed by atoms with Crippen molar-refractivity contribution in [2.24, 2.45) is 0 Å². The molecule has 0 saturated carbocycles. The maximum absolute atomic E-state index is 12.9. The Labute approximate surface area is 193 Å². The van der Waals surface area contributed by atoms with Crippen LogP contribution in [0.4, 0.5) is 0 Å². The van der Waals surface area contributed by atoms with Gasteiger partial charge in [-0.1, -0.05) is 12.1 Å². The molecular formula is C23H32N2O8. The lowest BCUT2D eigenvalue weighted by Crippen LogP contribution is -2.40. The minimum atomic E-state index is -0.361. The molecular weight excluding hydrogens is 432 g/mol. The first-order chi connectivity index (χ1) is 16.2. The average molecular weight is 465 g/mol. The van der Waals surface area contributed by atoms with Crippen LogP contribution in [0.2, 0.25) is 0 Å². The monoisotopic (exact) mass is 464 g/mol. The lowest BCUT2D eigenvalue weighted by atomic mass is 10.1. The second-order valence-electron chi connectivity index (χ2n) is 7.50. The first-order valence-electron chi connectivity index (χ1n) is 11.3. The Morgan fingerprint density at radius 2 is 1.06 bits per heavy atom. The number of fused-ring (bicyclic) bond motifs is 1. The van der Waals surface area contributed by atoms with E-state index in [1.165, 1.54) is 0 Å². The van der Waals surface area contributed by atoms with Crippen molar-refractivity contribution in [2.75, 3.05) is 85.7 Å². The fourth-order valence-corrected chi connectivity index (χ4v) is 3.50. The van der Waals surface area contributed by atoms with Crippen molar-refractivity contribution in [3.63, 3.8) is 0 Å². The highest BCUT2D eigenvalue weighted by atomic mass is 16.6. The molecule has 0 radical (unpaired) electrons. The molecule has 0 atom stereocenters. The van der Waals surface area contributed by atoms with E-state index in [9.17, 15) is 14.4 Å². The van der Waals surface area contributed by atoms with Crippen LogP contribution in [0.5, 0.6) is 0 Å². The average Bonchev–Trinajstić information content (AvgIpc) is 3.07. The number of hydrogen-bond acceptors (Lipinski definition) is 8. The van der Waals surface area contributed by atoms with Crippen molar-refractivity contribution < 1.29 is 38.1 Å². The zero-order valence-electron chi connectivity index (χ0n) is 18.9. The molecule has 0 aromatic heterocycles. The van der Waals surface area contributed by atoms with Gasteiger partial charge < -0.3 is 28.6 Å². The molecule has 33 heavy (non-hydrogen) atoms. The maximum Gasteiger partial charge on any atom is 0.261 e. The molecule has 2 aliphatic rings. The standard InChI is InChI=1S/C23H32N2O8/c26-21(5-6-25-22(27)19-3-1-2-4-20(19)23(25)28)24-7-9-29-11-13-31-15-17-33-18-16-32-14-12-30-10-8-24/h1-4H,5-18H2. The number of ether oxygens (including phenoxy) is 5. The maximum atomic E-state index is 12.9. The molecule has 0 N–H and O–H groups in total. The van der Waals surface area contributed by atoms with Gasteiger partial charge in [0.2, 0.25) is 5.91 Å². The Bertz CT molecular complexity index is 734. The van der Waals surface area contributed by atoms with Gasteiger partial charge in [-0.15, -0.1) is 0 Å². The minimum Gasteiger partial charge on any atom is -0.377 e. The third kappa shape index (κ3) is 7.86. The summed E-state index contributed by atoms with van der Waals surface area (Å²) in [5, 5.41) is 0. The molecule has 0 unspecified atom stereocenters. The van der Waals surface area contributed by atoms with E-state index < -0.39 is 0 Å². The summed E-state index contributed by atoms with van der Waals surface area (Å²) in [5.41, 5.74) is 0.758. The number of carbonyl (C=O) groups excluding carboxylic acids is 3. The predicted molar refractivity (Wildman–Crippen MR) is 117 cm³/mol. The van der Waals surface area contributed by atoms with Crippen LogP contribution in [0.25, 0.3) is 0 Å². The number of rotatable bonds is 3. The van der Waals surface area contributed by atoms with Crippen molar-refractivity contribution in [3.05, 3.63) is 35.4 Å². The van der Waals surface area contributed by atoms with Crippen molar-refractivity contribution in [1.29, 1.82) is 0 Å². The van der Waals surface area contributed by atoms with E-state index in [1.54, 1.807) is 29.2 Å². The number of imide groups is 1. The molecule has 0 spiro atoms. The van der Waals surface area contributed by atoms with Crippen LogP contribution in [0, 0.1) is 0 Å². The largest absolute Gasteiger partial charge is 0.377 e. The summed E-state index contributed by atoms with van der Waals surface area (Å²) in [4.78, 5) is 40.7. The van der Waals surface area contributed by atoms with Gasteiger partial charge in [0, 0.05) is 26.1 Å². The lowest BCUT2D eigenvalue weighted by Gasteiger charge is -2.24. The van der Waals surface area contributed by atoms with E-state index in [0.717, 1.165) is 4.90 Å². The Kier molecular flexibility index (Phi) is 10.7. The summed E-state index contributed by atoms with van der Waals surface area (Å²) in [6, 6.07) is 6.69. The molecule has 10 nitrogen and oxygen atoms in total. The Balaban J connectivity index is 1.48. The van der Waals surface area contributed by atoms with Gasteiger partial charge in [0.05, 0.1) is 77.2 Å². The van der Waals surface area contributed by atoms with Crippen molar-refractivity contribution >= 4 is 17.7 Å². The van der Waals surface area contributed by atoms with E-state index in [0.29, 0.717) is 90.3 Å². The summed E-state index contributed by atoms with van der Waals surface area (Å²) in [6.07, 6.45) is 0.0394. The minimum absolute atomic E-state index is 0.0349. The van der Waals surface area contributed by atoms with Gasteiger partial charge in [0.1, 0.15) is 0 Å². The highest BCUT2D eigenvalue weighted by Gasteiger charge is 2.35. The van der Waals surface area contributed by atoms with E-state index in [4.69, 9.17) is 23.7 Å². The van der Waals surface area contributed by atoms with Gasteiger partial charge in [0.25, 0.3) is 11.8 Å². The number of carbonyl (C=O) groups is 3. The zero-order valence-corrected chi connectivity index (χ0v) is 18.9. The fraction of sp³-hybridized carbons (Fsp3) is 0.609. The van der Waals surface area contributed by atoms with Gasteiger partial charge in [0.15, 0.2) is 0 Å². The molecule has 2 heterocycles. The lowest BCUT2D eigenvalue weighted by molar-refractivity contribution is -0.133. The molecule has 3 rings (SSSR count). The summed E-state index contributed by atoms with van der Waals surface area (Å²) >= 11 is 0. The number of benzene rings is 1. The third-order valence-electron chi connectivity index (χ3n) is 5.28. The molecule has 1 aromatic rings. The van der Waals surface area contributed by atoms with Crippen LogP contribution in [-0.2, 0) is 28.5 Å². The molecule has 3 amide bonds. The van der Waals surface area contributed by atoms with Crippen molar-refractivity contribution in [3.8, 4) is 0 Å². The van der Waals surface area contributed by atoms with Gasteiger partial charge in [-0.3, -0.25) is 19.3 Å². The van der Waals surface area contributed by atoms with E-state index in [-0.39, 0.29) is 30.7 Å². The summed E-state index contributed by atoms with van der Waals surface area (Å²) in [6.45, 7) is 5.15. The first kappa shape index (κ1) is 25.3. The van der Waals surface area contributed by atoms with Crippen LogP contribution in [0.15, 0.2) is 24.3 Å². The second-order valence-corrected chi connectivity index (χ2v) is 7.50. The van der Waals surface area contributed by atoms with E-state index in [2.05, 4.69) is 0 Å². The fourth-order valence-electron chi connectivity index (χ4n) is 3.50. The van der Waals surface area contributed by atoms with E-state index in [1.807, 2.05) is 0 Å². The predicted octanol–water partition coefficient (Wildman–Crippen LogP) is 0.598. The molecule has 182 valence electrons. The number of amides is 3. The zero-order chi connectivity index (χ0) is 23.3. The van der Waals surface area contributed by atoms with Crippen LogP contribution in [0.1, 0.15) is 27.1 Å². The molecule has 1 saturated heterocycles. The van der Waals surface area contributed by atoms with Gasteiger partial charge in [-0.25, -0.2) is 0 Å². The SMILES string of the molecule is O=C(CCN1C(=O)c2ccccc2C1=O)N1CCOCCOCCOCCOCCOCC1. The second kappa shape index (κ2) is 14.0. The highest BCUT2D eigenvalue weighted by molar-refractivity contribution is 6.21. The van der Waals surface area contributed by atoms with Crippen LogP contribution >= 0.6 is 0 Å². The summed E-state index contributed by atoms with van der Waals surface area (Å²) in [5.74, 6) is -0.891. The molecule has 0 aliphatic carbocycles. The van der Waals surface area contributed by atoms with Gasteiger partial charge in [-0.05, 0) is 12.1 Å². The Morgan fingerprint density at radius 3 is 1.48 bits per heavy atom. The van der Waals surface area contributed by atoms with Crippen LogP contribution < -0.4 is 0 Å². The van der Waals surface area contributed by atoms with Crippen molar-refractivity contribution in [2.45, 2.75) is 6.42 Å². The normalized spacial score (nSPS) is 20.2. The number of hydrogen-bond donors (Lipinski definition) is 0. The smallest absolute Gasteiger partial charge is 0.261 e.